The molecule has 2 atom stereocenters. The van der Waals surface area contributed by atoms with Crippen molar-refractivity contribution in [2.75, 3.05) is 19.6 Å². The molecule has 2 aliphatic heterocycles. The molecule has 2 unspecified atom stereocenters. The first-order chi connectivity index (χ1) is 9.66. The van der Waals surface area contributed by atoms with Crippen LogP contribution in [0, 0.1) is 5.82 Å². The topological polar surface area (TPSA) is 36.4 Å². The van der Waals surface area contributed by atoms with Crippen LogP contribution < -0.4 is 0 Å². The van der Waals surface area contributed by atoms with Crippen molar-refractivity contribution in [2.24, 2.45) is 0 Å². The van der Waals surface area contributed by atoms with Gasteiger partial charge in [-0.3, -0.25) is 14.7 Å². The van der Waals surface area contributed by atoms with E-state index in [2.05, 4.69) is 9.88 Å². The summed E-state index contributed by atoms with van der Waals surface area (Å²) in [7, 11) is 0. The Morgan fingerprint density at radius 1 is 1.40 bits per heavy atom. The maximum absolute atomic E-state index is 13.7. The molecule has 2 saturated heterocycles. The second kappa shape index (κ2) is 5.48. The van der Waals surface area contributed by atoms with Crippen LogP contribution in [-0.2, 0) is 0 Å². The van der Waals surface area contributed by atoms with E-state index < -0.39 is 5.82 Å². The summed E-state index contributed by atoms with van der Waals surface area (Å²) in [5.74, 6) is -0.738. The van der Waals surface area contributed by atoms with Crippen LogP contribution in [0.3, 0.4) is 0 Å². The molecule has 1 aromatic heterocycles. The quantitative estimate of drug-likeness (QED) is 0.787. The number of carbonyl (C=O) groups excluding carboxylic acids is 1. The number of amides is 1. The first kappa shape index (κ1) is 13.5. The highest BCUT2D eigenvalue weighted by molar-refractivity contribution is 5.94. The van der Waals surface area contributed by atoms with Gasteiger partial charge in [0.1, 0.15) is 0 Å². The third-order valence-electron chi connectivity index (χ3n) is 4.45. The van der Waals surface area contributed by atoms with Gasteiger partial charge in [0, 0.05) is 31.4 Å². The number of piperidine rings is 1. The van der Waals surface area contributed by atoms with Gasteiger partial charge in [0.2, 0.25) is 0 Å². The number of aromatic nitrogens is 1. The zero-order chi connectivity index (χ0) is 14.1. The van der Waals surface area contributed by atoms with Crippen molar-refractivity contribution in [1.82, 2.24) is 14.8 Å². The number of nitrogens with zero attached hydrogens (tertiary/aromatic N) is 3. The molecule has 20 heavy (non-hydrogen) atoms. The lowest BCUT2D eigenvalue weighted by Crippen LogP contribution is -2.60. The van der Waals surface area contributed by atoms with Crippen molar-refractivity contribution in [2.45, 2.75) is 38.3 Å². The summed E-state index contributed by atoms with van der Waals surface area (Å²) >= 11 is 0. The minimum atomic E-state index is -0.532. The lowest BCUT2D eigenvalue weighted by Gasteiger charge is -2.47. The molecule has 0 aliphatic carbocycles. The van der Waals surface area contributed by atoms with Crippen molar-refractivity contribution in [3.05, 3.63) is 29.8 Å². The number of pyridine rings is 1. The lowest BCUT2D eigenvalue weighted by molar-refractivity contribution is 0.0149. The Balaban J connectivity index is 1.79. The van der Waals surface area contributed by atoms with E-state index in [-0.39, 0.29) is 17.5 Å². The van der Waals surface area contributed by atoms with Crippen LogP contribution in [0.1, 0.15) is 36.5 Å². The Morgan fingerprint density at radius 3 is 3.05 bits per heavy atom. The molecule has 2 aliphatic rings. The fraction of sp³-hybridized carbons (Fsp3) is 0.600. The summed E-state index contributed by atoms with van der Waals surface area (Å²) in [5.41, 5.74) is 0.135. The Kier molecular flexibility index (Phi) is 3.70. The monoisotopic (exact) mass is 277 g/mol. The van der Waals surface area contributed by atoms with Gasteiger partial charge >= 0.3 is 0 Å². The maximum Gasteiger partial charge on any atom is 0.257 e. The molecule has 4 nitrogen and oxygen atoms in total. The van der Waals surface area contributed by atoms with Crippen LogP contribution in [0.15, 0.2) is 18.5 Å². The van der Waals surface area contributed by atoms with Gasteiger partial charge in [-0.2, -0.15) is 0 Å². The summed E-state index contributed by atoms with van der Waals surface area (Å²) in [6.45, 7) is 4.77. The largest absolute Gasteiger partial charge is 0.333 e. The van der Waals surface area contributed by atoms with Crippen LogP contribution in [0.4, 0.5) is 4.39 Å². The third kappa shape index (κ3) is 2.42. The zero-order valence-electron chi connectivity index (χ0n) is 11.8. The third-order valence-corrected chi connectivity index (χ3v) is 4.45. The Bertz CT molecular complexity index is 508. The second-order valence-electron chi connectivity index (χ2n) is 5.81. The van der Waals surface area contributed by atoms with Crippen molar-refractivity contribution < 1.29 is 9.18 Å². The van der Waals surface area contributed by atoms with Crippen LogP contribution in [0.25, 0.3) is 0 Å². The average Bonchev–Trinajstić information content (AvgIpc) is 2.46. The van der Waals surface area contributed by atoms with Gasteiger partial charge < -0.3 is 4.90 Å². The van der Waals surface area contributed by atoms with Crippen molar-refractivity contribution in [3.8, 4) is 0 Å². The highest BCUT2D eigenvalue weighted by Gasteiger charge is 2.36. The SMILES string of the molecule is CC1CN2CCCCC2CN1C(=O)c1ccncc1F. The van der Waals surface area contributed by atoms with Gasteiger partial charge in [0.15, 0.2) is 5.82 Å². The number of hydrogen-bond acceptors (Lipinski definition) is 3. The Labute approximate surface area is 118 Å². The normalized spacial score (nSPS) is 27.2. The van der Waals surface area contributed by atoms with Gasteiger partial charge in [-0.05, 0) is 32.4 Å². The fourth-order valence-electron chi connectivity index (χ4n) is 3.34. The van der Waals surface area contributed by atoms with Crippen LogP contribution in [0.5, 0.6) is 0 Å². The van der Waals surface area contributed by atoms with Crippen LogP contribution in [-0.4, -0.2) is 52.4 Å². The molecule has 3 rings (SSSR count). The first-order valence-corrected chi connectivity index (χ1v) is 7.31. The number of hydrogen-bond donors (Lipinski definition) is 0. The number of halogens is 1. The van der Waals surface area contributed by atoms with Gasteiger partial charge in [-0.25, -0.2) is 4.39 Å². The number of rotatable bonds is 1. The molecule has 1 aromatic rings. The fourth-order valence-corrected chi connectivity index (χ4v) is 3.34. The van der Waals surface area contributed by atoms with E-state index in [1.807, 2.05) is 11.8 Å². The second-order valence-corrected chi connectivity index (χ2v) is 5.81. The van der Waals surface area contributed by atoms with Crippen molar-refractivity contribution >= 4 is 5.91 Å². The van der Waals surface area contributed by atoms with E-state index in [9.17, 15) is 9.18 Å². The van der Waals surface area contributed by atoms with E-state index >= 15 is 0 Å². The van der Waals surface area contributed by atoms with Crippen LogP contribution in [0.2, 0.25) is 0 Å². The van der Waals surface area contributed by atoms with E-state index in [0.717, 1.165) is 25.7 Å². The Morgan fingerprint density at radius 2 is 2.25 bits per heavy atom. The highest BCUT2D eigenvalue weighted by Crippen LogP contribution is 2.25. The molecule has 5 heteroatoms. The van der Waals surface area contributed by atoms with Crippen molar-refractivity contribution in [3.63, 3.8) is 0 Å². The molecule has 0 N–H and O–H groups in total. The molecule has 0 spiro atoms. The summed E-state index contributed by atoms with van der Waals surface area (Å²) < 4.78 is 13.7. The summed E-state index contributed by atoms with van der Waals surface area (Å²) in [6, 6.07) is 2.04. The molecule has 0 bridgehead atoms. The average molecular weight is 277 g/mol. The molecule has 2 fully saturated rings. The predicted molar refractivity (Wildman–Crippen MR) is 73.9 cm³/mol. The molecule has 0 radical (unpaired) electrons. The minimum absolute atomic E-state index is 0.129. The number of piperazine rings is 1. The van der Waals surface area contributed by atoms with Crippen molar-refractivity contribution in [1.29, 1.82) is 0 Å². The van der Waals surface area contributed by atoms with Gasteiger partial charge in [-0.1, -0.05) is 6.42 Å². The highest BCUT2D eigenvalue weighted by atomic mass is 19.1. The molecule has 1 amide bonds. The molecule has 108 valence electrons. The van der Waals surface area contributed by atoms with E-state index in [1.165, 1.54) is 25.1 Å². The molecule has 0 saturated carbocycles. The summed E-state index contributed by atoms with van der Waals surface area (Å²) in [6.07, 6.45) is 6.18. The van der Waals surface area contributed by atoms with E-state index in [0.29, 0.717) is 12.6 Å². The number of fused-ring (bicyclic) bond motifs is 1. The molecule has 3 heterocycles. The maximum atomic E-state index is 13.7. The predicted octanol–water partition coefficient (Wildman–Crippen LogP) is 1.92. The summed E-state index contributed by atoms with van der Waals surface area (Å²) in [4.78, 5) is 20.5. The van der Waals surface area contributed by atoms with Gasteiger partial charge in [0.05, 0.1) is 11.8 Å². The van der Waals surface area contributed by atoms with E-state index in [4.69, 9.17) is 0 Å². The summed E-state index contributed by atoms with van der Waals surface area (Å²) in [5, 5.41) is 0. The first-order valence-electron chi connectivity index (χ1n) is 7.31. The number of carbonyl (C=O) groups is 1. The zero-order valence-corrected chi connectivity index (χ0v) is 11.8. The molecular weight excluding hydrogens is 257 g/mol. The van der Waals surface area contributed by atoms with Gasteiger partial charge in [0.25, 0.3) is 5.91 Å². The lowest BCUT2D eigenvalue weighted by atomic mass is 9.96. The standard InChI is InChI=1S/C15H20FN3O/c1-11-9-18-7-3-2-4-12(18)10-19(11)15(20)13-5-6-17-8-14(13)16/h5-6,8,11-12H,2-4,7,9-10H2,1H3. The van der Waals surface area contributed by atoms with E-state index in [1.54, 1.807) is 0 Å². The smallest absolute Gasteiger partial charge is 0.257 e. The van der Waals surface area contributed by atoms with Gasteiger partial charge in [-0.15, -0.1) is 0 Å². The van der Waals surface area contributed by atoms with Crippen LogP contribution >= 0.6 is 0 Å². The minimum Gasteiger partial charge on any atom is -0.333 e. The molecule has 0 aromatic carbocycles. The molecular formula is C15H20FN3O. The Hall–Kier alpha value is -1.49.